The molecule has 0 amide bonds. The Morgan fingerprint density at radius 3 is 1.52 bits per heavy atom. The van der Waals surface area contributed by atoms with Crippen LogP contribution in [0.2, 0.25) is 0 Å². The molecular formula is C25H33Br2NS. The second kappa shape index (κ2) is 9.36. The fourth-order valence-electron chi connectivity index (χ4n) is 4.35. The zero-order valence-corrected chi connectivity index (χ0v) is 22.8. The first kappa shape index (κ1) is 23.2. The maximum absolute atomic E-state index is 3.87. The van der Waals surface area contributed by atoms with Crippen molar-refractivity contribution >= 4 is 55.0 Å². The SMILES string of the molecule is CCCCCCCN1c2c(C)c(C)c(Br)c(C)c2Sc2c(C)c(Br)c(C)c(C)c21. The second-order valence-corrected chi connectivity index (χ2v) is 11.0. The molecule has 0 saturated heterocycles. The average molecular weight is 539 g/mol. The van der Waals surface area contributed by atoms with Crippen molar-refractivity contribution < 1.29 is 0 Å². The van der Waals surface area contributed by atoms with Crippen LogP contribution in [0.1, 0.15) is 72.4 Å². The molecule has 0 fully saturated rings. The molecule has 158 valence electrons. The third-order valence-corrected chi connectivity index (χ3v) is 10.3. The zero-order valence-electron chi connectivity index (χ0n) is 18.9. The van der Waals surface area contributed by atoms with Crippen molar-refractivity contribution in [1.82, 2.24) is 0 Å². The van der Waals surface area contributed by atoms with Crippen LogP contribution in [0.3, 0.4) is 0 Å². The summed E-state index contributed by atoms with van der Waals surface area (Å²) in [6.07, 6.45) is 6.53. The van der Waals surface area contributed by atoms with Crippen LogP contribution in [0.5, 0.6) is 0 Å². The molecule has 1 aliphatic heterocycles. The summed E-state index contributed by atoms with van der Waals surface area (Å²) in [5, 5.41) is 0. The molecule has 0 aromatic heterocycles. The Balaban J connectivity index is 2.18. The maximum Gasteiger partial charge on any atom is 0.0588 e. The van der Waals surface area contributed by atoms with Gasteiger partial charge in [0.15, 0.2) is 0 Å². The van der Waals surface area contributed by atoms with E-state index in [1.807, 2.05) is 11.8 Å². The van der Waals surface area contributed by atoms with Crippen molar-refractivity contribution in [3.63, 3.8) is 0 Å². The molecule has 2 aromatic rings. The zero-order chi connectivity index (χ0) is 21.5. The lowest BCUT2D eigenvalue weighted by molar-refractivity contribution is 0.631. The summed E-state index contributed by atoms with van der Waals surface area (Å²) >= 11 is 9.70. The van der Waals surface area contributed by atoms with Crippen LogP contribution in [0.25, 0.3) is 0 Å². The molecule has 0 atom stereocenters. The minimum Gasteiger partial charge on any atom is -0.339 e. The van der Waals surface area contributed by atoms with E-state index in [1.165, 1.54) is 95.6 Å². The van der Waals surface area contributed by atoms with Crippen molar-refractivity contribution in [1.29, 1.82) is 0 Å². The van der Waals surface area contributed by atoms with Gasteiger partial charge in [0.1, 0.15) is 0 Å². The van der Waals surface area contributed by atoms with Crippen molar-refractivity contribution in [2.75, 3.05) is 11.4 Å². The van der Waals surface area contributed by atoms with Gasteiger partial charge in [-0.2, -0.15) is 0 Å². The highest BCUT2D eigenvalue weighted by Gasteiger charge is 2.32. The van der Waals surface area contributed by atoms with Crippen LogP contribution in [-0.4, -0.2) is 6.54 Å². The van der Waals surface area contributed by atoms with Crippen LogP contribution in [0.15, 0.2) is 18.7 Å². The summed E-state index contributed by atoms with van der Waals surface area (Å²) in [7, 11) is 0. The summed E-state index contributed by atoms with van der Waals surface area (Å²) < 4.78 is 2.52. The van der Waals surface area contributed by atoms with Crippen molar-refractivity contribution in [2.24, 2.45) is 0 Å². The predicted octanol–water partition coefficient (Wildman–Crippen LogP) is 9.64. The third kappa shape index (κ3) is 4.06. The van der Waals surface area contributed by atoms with Gasteiger partial charge in [-0.05, 0) is 81.3 Å². The molecular weight excluding hydrogens is 506 g/mol. The van der Waals surface area contributed by atoms with E-state index in [2.05, 4.69) is 85.2 Å². The Hall–Kier alpha value is -0.450. The fraction of sp³-hybridized carbons (Fsp3) is 0.520. The normalized spacial score (nSPS) is 12.9. The lowest BCUT2D eigenvalue weighted by Crippen LogP contribution is -2.26. The van der Waals surface area contributed by atoms with E-state index < -0.39 is 0 Å². The van der Waals surface area contributed by atoms with Crippen molar-refractivity contribution in [3.8, 4) is 0 Å². The van der Waals surface area contributed by atoms with Crippen molar-refractivity contribution in [3.05, 3.63) is 42.3 Å². The molecule has 2 aromatic carbocycles. The standard InChI is InChI=1S/C25H33Br2NS/c1-8-9-10-11-12-13-28-22-16(4)14(2)20(26)18(6)24(22)29-25-19(7)21(27)15(3)17(5)23(25)28/h8-13H2,1-7H3. The number of unbranched alkanes of at least 4 members (excludes halogenated alkanes) is 4. The first-order chi connectivity index (χ1) is 13.7. The first-order valence-electron chi connectivity index (χ1n) is 10.8. The summed E-state index contributed by atoms with van der Waals surface area (Å²) in [6.45, 7) is 17.0. The van der Waals surface area contributed by atoms with Gasteiger partial charge in [0.25, 0.3) is 0 Å². The van der Waals surface area contributed by atoms with Crippen molar-refractivity contribution in [2.45, 2.75) is 90.4 Å². The highest BCUT2D eigenvalue weighted by Crippen LogP contribution is 2.56. The monoisotopic (exact) mass is 537 g/mol. The Morgan fingerprint density at radius 1 is 0.621 bits per heavy atom. The highest BCUT2D eigenvalue weighted by atomic mass is 79.9. The van der Waals surface area contributed by atoms with Crippen LogP contribution in [-0.2, 0) is 0 Å². The van der Waals surface area contributed by atoms with Gasteiger partial charge >= 0.3 is 0 Å². The molecule has 1 aliphatic rings. The number of hydrogen-bond donors (Lipinski definition) is 0. The molecule has 0 N–H and O–H groups in total. The quantitative estimate of drug-likeness (QED) is 0.336. The van der Waals surface area contributed by atoms with Crippen LogP contribution in [0, 0.1) is 41.5 Å². The summed E-state index contributed by atoms with van der Waals surface area (Å²) in [4.78, 5) is 5.48. The summed E-state index contributed by atoms with van der Waals surface area (Å²) in [5.41, 5.74) is 11.1. The van der Waals surface area contributed by atoms with E-state index in [9.17, 15) is 0 Å². The minimum atomic E-state index is 1.09. The number of anilines is 2. The Labute approximate surface area is 198 Å². The van der Waals surface area contributed by atoms with Crippen LogP contribution in [0.4, 0.5) is 11.4 Å². The van der Waals surface area contributed by atoms with Gasteiger partial charge in [-0.1, -0.05) is 76.2 Å². The van der Waals surface area contributed by atoms with Gasteiger partial charge in [0.05, 0.1) is 11.4 Å². The summed E-state index contributed by atoms with van der Waals surface area (Å²) in [6, 6.07) is 0. The number of rotatable bonds is 6. The lowest BCUT2D eigenvalue weighted by atomic mass is 9.98. The Kier molecular flexibility index (Phi) is 7.49. The topological polar surface area (TPSA) is 3.24 Å². The van der Waals surface area contributed by atoms with E-state index >= 15 is 0 Å². The number of fused-ring (bicyclic) bond motifs is 2. The molecule has 3 rings (SSSR count). The van der Waals surface area contributed by atoms with Crippen LogP contribution < -0.4 is 4.90 Å². The smallest absolute Gasteiger partial charge is 0.0588 e. The summed E-state index contributed by atoms with van der Waals surface area (Å²) in [5.74, 6) is 0. The van der Waals surface area contributed by atoms with E-state index in [0.717, 1.165) is 6.54 Å². The van der Waals surface area contributed by atoms with E-state index in [4.69, 9.17) is 0 Å². The molecule has 0 saturated carbocycles. The molecule has 0 aliphatic carbocycles. The third-order valence-electron chi connectivity index (χ3n) is 6.49. The van der Waals surface area contributed by atoms with Gasteiger partial charge in [0, 0.05) is 25.3 Å². The number of benzene rings is 2. The Morgan fingerprint density at radius 2 is 1.07 bits per heavy atom. The van der Waals surface area contributed by atoms with Gasteiger partial charge in [-0.15, -0.1) is 0 Å². The molecule has 0 bridgehead atoms. The highest BCUT2D eigenvalue weighted by molar-refractivity contribution is 9.11. The molecule has 4 heteroatoms. The van der Waals surface area contributed by atoms with E-state index in [-0.39, 0.29) is 0 Å². The van der Waals surface area contributed by atoms with Gasteiger partial charge in [0.2, 0.25) is 0 Å². The molecule has 1 heterocycles. The van der Waals surface area contributed by atoms with Gasteiger partial charge < -0.3 is 4.90 Å². The number of hydrogen-bond acceptors (Lipinski definition) is 2. The van der Waals surface area contributed by atoms with Gasteiger partial charge in [-0.25, -0.2) is 0 Å². The van der Waals surface area contributed by atoms with E-state index in [0.29, 0.717) is 0 Å². The lowest BCUT2D eigenvalue weighted by Gasteiger charge is -2.38. The second-order valence-electron chi connectivity index (χ2n) is 8.40. The minimum absolute atomic E-state index is 1.09. The molecule has 29 heavy (non-hydrogen) atoms. The maximum atomic E-state index is 3.87. The molecule has 1 nitrogen and oxygen atoms in total. The molecule has 0 radical (unpaired) electrons. The Bertz CT molecular complexity index is 880. The number of halogens is 2. The van der Waals surface area contributed by atoms with Gasteiger partial charge in [-0.3, -0.25) is 0 Å². The van der Waals surface area contributed by atoms with Crippen LogP contribution >= 0.6 is 43.6 Å². The van der Waals surface area contributed by atoms with E-state index in [1.54, 1.807) is 0 Å². The predicted molar refractivity (Wildman–Crippen MR) is 137 cm³/mol. The average Bonchev–Trinajstić information content (AvgIpc) is 2.72. The fourth-order valence-corrected chi connectivity index (χ4v) is 7.04. The first-order valence-corrected chi connectivity index (χ1v) is 13.2. The number of nitrogens with zero attached hydrogens (tertiary/aromatic N) is 1. The molecule has 0 unspecified atom stereocenters. The largest absolute Gasteiger partial charge is 0.339 e. The molecule has 0 spiro atoms.